The zero-order chi connectivity index (χ0) is 18.7. The first-order valence-electron chi connectivity index (χ1n) is 7.88. The van der Waals surface area contributed by atoms with E-state index in [-0.39, 0.29) is 18.3 Å². The molecule has 2 N–H and O–H groups in total. The van der Waals surface area contributed by atoms with Crippen LogP contribution in [0, 0.1) is 12.7 Å². The van der Waals surface area contributed by atoms with E-state index in [0.717, 1.165) is 5.56 Å². The van der Waals surface area contributed by atoms with Crippen LogP contribution >= 0.6 is 11.3 Å². The van der Waals surface area contributed by atoms with Gasteiger partial charge in [0.1, 0.15) is 11.6 Å². The minimum Gasteiger partial charge on any atom is -0.495 e. The van der Waals surface area contributed by atoms with Gasteiger partial charge in [-0.3, -0.25) is 9.59 Å². The first-order valence-corrected chi connectivity index (χ1v) is 8.70. The predicted molar refractivity (Wildman–Crippen MR) is 100 cm³/mol. The third-order valence-electron chi connectivity index (χ3n) is 3.77. The normalized spacial score (nSPS) is 10.6. The number of hydrogen-bond acceptors (Lipinski definition) is 4. The average molecular weight is 372 g/mol. The maximum atomic E-state index is 13.7. The van der Waals surface area contributed by atoms with Crippen LogP contribution in [-0.4, -0.2) is 25.5 Å². The number of ether oxygens (including phenoxy) is 1. The number of halogens is 1. The lowest BCUT2D eigenvalue weighted by Gasteiger charge is -2.11. The molecule has 7 heteroatoms. The Hall–Kier alpha value is -2.93. The lowest BCUT2D eigenvalue weighted by atomic mass is 10.2. The molecular formula is C19H17FN2O3S. The molecule has 0 aliphatic heterocycles. The summed E-state index contributed by atoms with van der Waals surface area (Å²) in [6, 6.07) is 11.6. The zero-order valence-electron chi connectivity index (χ0n) is 14.3. The smallest absolute Gasteiger partial charge is 0.261 e. The summed E-state index contributed by atoms with van der Waals surface area (Å²) >= 11 is 1.18. The molecule has 0 aliphatic rings. The largest absolute Gasteiger partial charge is 0.495 e. The van der Waals surface area contributed by atoms with Gasteiger partial charge < -0.3 is 15.4 Å². The number of carbonyl (C=O) groups excluding carboxylic acids is 2. The van der Waals surface area contributed by atoms with Gasteiger partial charge in [-0.05, 0) is 42.8 Å². The topological polar surface area (TPSA) is 67.4 Å². The summed E-state index contributed by atoms with van der Waals surface area (Å²) < 4.78 is 19.6. The van der Waals surface area contributed by atoms with Gasteiger partial charge in [-0.15, -0.1) is 11.3 Å². The minimum atomic E-state index is -0.419. The Balaban J connectivity index is 1.64. The second-order valence-electron chi connectivity index (χ2n) is 5.70. The number of anilines is 1. The molecular weight excluding hydrogens is 355 g/mol. The van der Waals surface area contributed by atoms with Crippen molar-refractivity contribution in [3.05, 3.63) is 58.7 Å². The van der Waals surface area contributed by atoms with Crippen LogP contribution in [0.15, 0.2) is 42.5 Å². The van der Waals surface area contributed by atoms with Crippen molar-refractivity contribution in [1.29, 1.82) is 0 Å². The summed E-state index contributed by atoms with van der Waals surface area (Å²) in [6.07, 6.45) is 0. The highest BCUT2D eigenvalue weighted by molar-refractivity contribution is 7.20. The molecule has 2 aromatic carbocycles. The van der Waals surface area contributed by atoms with E-state index < -0.39 is 5.91 Å². The van der Waals surface area contributed by atoms with E-state index in [2.05, 4.69) is 10.6 Å². The fourth-order valence-corrected chi connectivity index (χ4v) is 3.49. The highest BCUT2D eigenvalue weighted by atomic mass is 32.1. The van der Waals surface area contributed by atoms with Crippen molar-refractivity contribution in [2.75, 3.05) is 19.0 Å². The van der Waals surface area contributed by atoms with Gasteiger partial charge in [0, 0.05) is 10.1 Å². The second-order valence-corrected chi connectivity index (χ2v) is 6.78. The number of benzene rings is 2. The van der Waals surface area contributed by atoms with Crippen molar-refractivity contribution in [2.24, 2.45) is 0 Å². The Kier molecular flexibility index (Phi) is 5.18. The molecule has 2 amide bonds. The summed E-state index contributed by atoms with van der Waals surface area (Å²) in [5.41, 5.74) is 1.51. The van der Waals surface area contributed by atoms with Gasteiger partial charge in [0.15, 0.2) is 0 Å². The van der Waals surface area contributed by atoms with Crippen LogP contribution in [0.4, 0.5) is 10.1 Å². The van der Waals surface area contributed by atoms with Gasteiger partial charge in [0.25, 0.3) is 5.91 Å². The lowest BCUT2D eigenvalue weighted by Crippen LogP contribution is -2.32. The summed E-state index contributed by atoms with van der Waals surface area (Å²) in [6.45, 7) is 1.70. The van der Waals surface area contributed by atoms with E-state index in [1.165, 1.54) is 30.6 Å². The van der Waals surface area contributed by atoms with Crippen molar-refractivity contribution < 1.29 is 18.7 Å². The molecule has 26 heavy (non-hydrogen) atoms. The molecule has 1 heterocycles. The summed E-state index contributed by atoms with van der Waals surface area (Å²) in [4.78, 5) is 24.7. The van der Waals surface area contributed by atoms with Gasteiger partial charge in [0.05, 0.1) is 24.2 Å². The molecule has 1 aromatic heterocycles. The van der Waals surface area contributed by atoms with Crippen LogP contribution in [0.3, 0.4) is 0 Å². The summed E-state index contributed by atoms with van der Waals surface area (Å²) in [5.74, 6) is -0.635. The van der Waals surface area contributed by atoms with Crippen molar-refractivity contribution >= 4 is 38.9 Å². The Bertz CT molecular complexity index is 984. The number of methoxy groups -OCH3 is 1. The molecule has 0 aliphatic carbocycles. The predicted octanol–water partition coefficient (Wildman–Crippen LogP) is 3.73. The molecule has 0 fully saturated rings. The molecule has 0 radical (unpaired) electrons. The molecule has 0 spiro atoms. The van der Waals surface area contributed by atoms with Gasteiger partial charge in [-0.1, -0.05) is 12.1 Å². The van der Waals surface area contributed by atoms with E-state index in [0.29, 0.717) is 26.4 Å². The number of hydrogen-bond donors (Lipinski definition) is 2. The van der Waals surface area contributed by atoms with Crippen LogP contribution in [-0.2, 0) is 4.79 Å². The number of amides is 2. The van der Waals surface area contributed by atoms with Crippen molar-refractivity contribution in [3.63, 3.8) is 0 Å². The lowest BCUT2D eigenvalue weighted by molar-refractivity contribution is -0.115. The number of aryl methyl sites for hydroxylation is 1. The SMILES string of the molecule is COc1ccc(C)cc1NC(=O)CNC(=O)c1cc2c(F)cccc2s1. The summed E-state index contributed by atoms with van der Waals surface area (Å²) in [7, 11) is 1.52. The third kappa shape index (κ3) is 3.83. The zero-order valence-corrected chi connectivity index (χ0v) is 15.1. The Labute approximate surface area is 153 Å². The van der Waals surface area contributed by atoms with Crippen LogP contribution in [0.5, 0.6) is 5.75 Å². The van der Waals surface area contributed by atoms with Gasteiger partial charge in [0.2, 0.25) is 5.91 Å². The maximum Gasteiger partial charge on any atom is 0.261 e. The van der Waals surface area contributed by atoms with E-state index in [1.807, 2.05) is 13.0 Å². The maximum absolute atomic E-state index is 13.7. The first kappa shape index (κ1) is 17.9. The highest BCUT2D eigenvalue weighted by Gasteiger charge is 2.14. The van der Waals surface area contributed by atoms with Crippen LogP contribution in [0.25, 0.3) is 10.1 Å². The van der Waals surface area contributed by atoms with Crippen molar-refractivity contribution in [1.82, 2.24) is 5.32 Å². The number of nitrogens with one attached hydrogen (secondary N) is 2. The first-order chi connectivity index (χ1) is 12.5. The number of carbonyl (C=O) groups is 2. The second kappa shape index (κ2) is 7.53. The highest BCUT2D eigenvalue weighted by Crippen LogP contribution is 2.27. The van der Waals surface area contributed by atoms with E-state index in [4.69, 9.17) is 4.74 Å². The van der Waals surface area contributed by atoms with Crippen molar-refractivity contribution in [3.8, 4) is 5.75 Å². The molecule has 0 bridgehead atoms. The third-order valence-corrected chi connectivity index (χ3v) is 4.87. The van der Waals surface area contributed by atoms with Crippen molar-refractivity contribution in [2.45, 2.75) is 6.92 Å². The quantitative estimate of drug-likeness (QED) is 0.717. The van der Waals surface area contributed by atoms with Gasteiger partial charge in [-0.25, -0.2) is 4.39 Å². The molecule has 0 saturated heterocycles. The number of fused-ring (bicyclic) bond motifs is 1. The molecule has 0 unspecified atom stereocenters. The number of rotatable bonds is 5. The monoisotopic (exact) mass is 372 g/mol. The van der Waals surface area contributed by atoms with Crippen LogP contribution < -0.4 is 15.4 Å². The fraction of sp³-hybridized carbons (Fsp3) is 0.158. The standard InChI is InChI=1S/C19H17FN2O3S/c1-11-6-7-15(25-2)14(8-11)22-18(23)10-21-19(24)17-9-12-13(20)4-3-5-16(12)26-17/h3-9H,10H2,1-2H3,(H,21,24)(H,22,23). The Morgan fingerprint density at radius 1 is 1.19 bits per heavy atom. The van der Waals surface area contributed by atoms with E-state index in [1.54, 1.807) is 24.3 Å². The van der Waals surface area contributed by atoms with Crippen LogP contribution in [0.1, 0.15) is 15.2 Å². The average Bonchev–Trinajstić information content (AvgIpc) is 3.06. The van der Waals surface area contributed by atoms with Gasteiger partial charge in [-0.2, -0.15) is 0 Å². The van der Waals surface area contributed by atoms with Gasteiger partial charge >= 0.3 is 0 Å². The number of thiophene rings is 1. The summed E-state index contributed by atoms with van der Waals surface area (Å²) in [5, 5.41) is 5.66. The fourth-order valence-electron chi connectivity index (χ4n) is 2.50. The molecule has 134 valence electrons. The molecule has 0 saturated carbocycles. The molecule has 3 aromatic rings. The molecule has 3 rings (SSSR count). The Morgan fingerprint density at radius 2 is 2.00 bits per heavy atom. The molecule has 5 nitrogen and oxygen atoms in total. The molecule has 0 atom stereocenters. The van der Waals surface area contributed by atoms with E-state index >= 15 is 0 Å². The van der Waals surface area contributed by atoms with Crippen LogP contribution in [0.2, 0.25) is 0 Å². The Morgan fingerprint density at radius 3 is 2.73 bits per heavy atom. The minimum absolute atomic E-state index is 0.202. The van der Waals surface area contributed by atoms with E-state index in [9.17, 15) is 14.0 Å².